The third-order valence-electron chi connectivity index (χ3n) is 8.56. The average Bonchev–Trinajstić information content (AvgIpc) is 3.32. The molecule has 2 fully saturated rings. The van der Waals surface area contributed by atoms with E-state index in [2.05, 4.69) is 40.2 Å². The first-order valence-electron chi connectivity index (χ1n) is 15.5. The fourth-order valence-electron chi connectivity index (χ4n) is 5.67. The number of nitrogens with zero attached hydrogens (tertiary/aromatic N) is 1. The number of likely N-dealkylation sites (tertiary alicyclic amines) is 1. The number of unbranched alkanes of at least 4 members (excludes halogenated alkanes) is 1. The molecule has 242 valence electrons. The molecule has 2 unspecified atom stereocenters. The van der Waals surface area contributed by atoms with Gasteiger partial charge in [0.05, 0.1) is 12.1 Å². The smallest absolute Gasteiger partial charge is 0.347 e. The second-order valence-corrected chi connectivity index (χ2v) is 13.6. The van der Waals surface area contributed by atoms with Crippen LogP contribution in [0.15, 0.2) is 24.3 Å². The number of benzene rings is 1. The molecule has 1 saturated carbocycles. The number of hydrogen-bond donors (Lipinski definition) is 4. The van der Waals surface area contributed by atoms with E-state index in [-0.39, 0.29) is 25.3 Å². The van der Waals surface area contributed by atoms with Crippen molar-refractivity contribution in [2.24, 2.45) is 0 Å². The molecule has 0 bridgehead atoms. The van der Waals surface area contributed by atoms with E-state index in [0.717, 1.165) is 19.5 Å². The van der Waals surface area contributed by atoms with Gasteiger partial charge in [-0.2, -0.15) is 8.42 Å². The van der Waals surface area contributed by atoms with Crippen LogP contribution < -0.4 is 20.7 Å². The van der Waals surface area contributed by atoms with Gasteiger partial charge in [-0.15, -0.1) is 0 Å². The van der Waals surface area contributed by atoms with Crippen LogP contribution in [0.2, 0.25) is 0 Å². The number of hydrogen-bond acceptors (Lipinski definition) is 8. The van der Waals surface area contributed by atoms with E-state index in [9.17, 15) is 27.6 Å². The van der Waals surface area contributed by atoms with E-state index < -0.39 is 45.2 Å². The summed E-state index contributed by atoms with van der Waals surface area (Å²) < 4.78 is 31.6. The molecule has 12 nitrogen and oxygen atoms in total. The summed E-state index contributed by atoms with van der Waals surface area (Å²) in [6.07, 6.45) is 8.56. The molecular weight excluding hydrogens is 586 g/mol. The number of nitrogens with one attached hydrogen (secondary N) is 4. The third kappa shape index (κ3) is 8.66. The third-order valence-corrected chi connectivity index (χ3v) is 9.63. The molecule has 1 aromatic rings. The lowest BCUT2D eigenvalue weighted by Crippen LogP contribution is -2.60. The Morgan fingerprint density at radius 1 is 1.14 bits per heavy atom. The molecule has 0 aromatic heterocycles. The van der Waals surface area contributed by atoms with Crippen molar-refractivity contribution in [3.8, 4) is 0 Å². The van der Waals surface area contributed by atoms with Crippen molar-refractivity contribution in [2.45, 2.75) is 109 Å². The van der Waals surface area contributed by atoms with E-state index in [1.54, 1.807) is 20.8 Å². The molecule has 0 spiro atoms. The highest BCUT2D eigenvalue weighted by atomic mass is 32.2. The van der Waals surface area contributed by atoms with Crippen LogP contribution in [0.5, 0.6) is 0 Å². The first-order chi connectivity index (χ1) is 20.9. The Morgan fingerprint density at radius 2 is 1.91 bits per heavy atom. The van der Waals surface area contributed by atoms with Crippen LogP contribution in [0.1, 0.15) is 95.2 Å². The Hall–Kier alpha value is -3.29. The van der Waals surface area contributed by atoms with Crippen LogP contribution in [0.4, 0.5) is 0 Å². The molecule has 4 N–H and O–H groups in total. The maximum Gasteiger partial charge on any atom is 0.362 e. The molecule has 44 heavy (non-hydrogen) atoms. The van der Waals surface area contributed by atoms with Crippen molar-refractivity contribution in [1.29, 1.82) is 0 Å². The van der Waals surface area contributed by atoms with E-state index in [1.807, 2.05) is 10.8 Å². The lowest BCUT2D eigenvalue weighted by molar-refractivity contribution is -0.145. The quantitative estimate of drug-likeness (QED) is 0.214. The van der Waals surface area contributed by atoms with E-state index in [1.165, 1.54) is 21.6 Å². The first kappa shape index (κ1) is 33.6. The normalized spacial score (nSPS) is 21.1. The van der Waals surface area contributed by atoms with Crippen LogP contribution in [0, 0.1) is 0 Å². The zero-order valence-corrected chi connectivity index (χ0v) is 26.7. The molecule has 2 aliphatic heterocycles. The minimum absolute atomic E-state index is 0.199. The zero-order valence-electron chi connectivity index (χ0n) is 25.9. The highest BCUT2D eigenvalue weighted by Gasteiger charge is 2.47. The van der Waals surface area contributed by atoms with Crippen molar-refractivity contribution in [1.82, 2.24) is 25.6 Å². The van der Waals surface area contributed by atoms with Crippen molar-refractivity contribution < 1.29 is 31.8 Å². The minimum Gasteiger partial charge on any atom is -0.347 e. The summed E-state index contributed by atoms with van der Waals surface area (Å²) in [6.45, 7) is 6.90. The van der Waals surface area contributed by atoms with Crippen molar-refractivity contribution in [2.75, 3.05) is 13.1 Å². The molecule has 3 aliphatic rings. The van der Waals surface area contributed by atoms with Crippen molar-refractivity contribution in [3.05, 3.63) is 41.0 Å². The lowest BCUT2D eigenvalue weighted by Gasteiger charge is -2.35. The maximum atomic E-state index is 13.4. The van der Waals surface area contributed by atoms with Gasteiger partial charge in [0.2, 0.25) is 17.7 Å². The van der Waals surface area contributed by atoms with Crippen LogP contribution in [0.25, 0.3) is 6.08 Å². The molecule has 1 aromatic carbocycles. The highest BCUT2D eigenvalue weighted by Crippen LogP contribution is 2.39. The molecule has 4 rings (SSSR count). The summed E-state index contributed by atoms with van der Waals surface area (Å²) in [5, 5.41) is 8.67. The second-order valence-electron chi connectivity index (χ2n) is 12.4. The van der Waals surface area contributed by atoms with Gasteiger partial charge in [-0.25, -0.2) is 8.91 Å². The van der Waals surface area contributed by atoms with E-state index in [0.29, 0.717) is 45.1 Å². The molecule has 0 radical (unpaired) electrons. The number of carbonyl (C=O) groups excluding carboxylic acids is 4. The Morgan fingerprint density at radius 3 is 2.64 bits per heavy atom. The summed E-state index contributed by atoms with van der Waals surface area (Å²) in [7, 11) is -4.34. The van der Waals surface area contributed by atoms with Crippen LogP contribution in [-0.2, 0) is 46.8 Å². The molecular formula is C31H45N5O7S. The minimum atomic E-state index is -4.34. The molecule has 4 amide bonds. The number of fused-ring (bicyclic) bond motifs is 1. The summed E-state index contributed by atoms with van der Waals surface area (Å²) >= 11 is 0. The van der Waals surface area contributed by atoms with Gasteiger partial charge in [-0.1, -0.05) is 43.7 Å². The SMILES string of the molecule is CCCC(NC(=O)C1(C)CCCN1C(=O)CNC(=O)CCCC=Cc1cccc2c1CNC2)C(=O)NS(=O)(=O)OC1(C)CC1. The number of allylic oxidation sites excluding steroid dienone is 1. The monoisotopic (exact) mass is 631 g/mol. The van der Waals surface area contributed by atoms with Gasteiger partial charge in [-0.05, 0) is 75.5 Å². The van der Waals surface area contributed by atoms with Gasteiger partial charge >= 0.3 is 10.3 Å². The van der Waals surface area contributed by atoms with Gasteiger partial charge in [-0.3, -0.25) is 19.2 Å². The molecule has 13 heteroatoms. The van der Waals surface area contributed by atoms with Gasteiger partial charge in [0, 0.05) is 26.1 Å². The fraction of sp³-hybridized carbons (Fsp3) is 0.613. The van der Waals surface area contributed by atoms with Crippen LogP contribution in [-0.4, -0.2) is 67.2 Å². The number of rotatable bonds is 15. The standard InChI is InChI=1S/C31H45N5O7S/c1-4-10-25(28(39)35-44(41,42)43-30(2)16-17-30)34-29(40)31(3)15-9-18-36(31)27(38)21-33-26(37)14-7-5-6-11-22-12-8-13-23-19-32-20-24(22)23/h6,8,11-13,25,32H,4-5,7,9-10,14-21H2,1-3H3,(H,33,37)(H,34,40)(H,35,39). The predicted molar refractivity (Wildman–Crippen MR) is 165 cm³/mol. The Bertz CT molecular complexity index is 1390. The lowest BCUT2D eigenvalue weighted by atomic mass is 9.96. The Balaban J connectivity index is 1.23. The molecule has 2 heterocycles. The fourth-order valence-corrected chi connectivity index (χ4v) is 6.80. The highest BCUT2D eigenvalue weighted by molar-refractivity contribution is 7.85. The summed E-state index contributed by atoms with van der Waals surface area (Å²) in [5.74, 6) is -2.09. The average molecular weight is 632 g/mol. The second kappa shape index (κ2) is 14.2. The van der Waals surface area contributed by atoms with Crippen LogP contribution >= 0.6 is 0 Å². The maximum absolute atomic E-state index is 13.4. The topological polar surface area (TPSA) is 163 Å². The van der Waals surface area contributed by atoms with Gasteiger partial charge in [0.25, 0.3) is 5.91 Å². The van der Waals surface area contributed by atoms with E-state index in [4.69, 9.17) is 4.18 Å². The van der Waals surface area contributed by atoms with Crippen LogP contribution in [0.3, 0.4) is 0 Å². The number of amides is 4. The van der Waals surface area contributed by atoms with Gasteiger partial charge < -0.3 is 20.9 Å². The summed E-state index contributed by atoms with van der Waals surface area (Å²) in [6, 6.07) is 5.13. The largest absolute Gasteiger partial charge is 0.362 e. The van der Waals surface area contributed by atoms with Crippen molar-refractivity contribution >= 4 is 40.0 Å². The Labute approximate surface area is 260 Å². The number of carbonyl (C=O) groups is 4. The predicted octanol–water partition coefficient (Wildman–Crippen LogP) is 2.19. The molecule has 1 aliphatic carbocycles. The summed E-state index contributed by atoms with van der Waals surface area (Å²) in [5.41, 5.74) is 1.76. The van der Waals surface area contributed by atoms with Gasteiger partial charge in [0.1, 0.15) is 11.6 Å². The molecule has 2 atom stereocenters. The van der Waals surface area contributed by atoms with E-state index >= 15 is 0 Å². The summed E-state index contributed by atoms with van der Waals surface area (Å²) in [4.78, 5) is 53.2. The molecule has 1 saturated heterocycles. The zero-order chi connectivity index (χ0) is 32.0. The first-order valence-corrected chi connectivity index (χ1v) is 16.9. The Kier molecular flexibility index (Phi) is 10.9. The van der Waals surface area contributed by atoms with Gasteiger partial charge in [0.15, 0.2) is 0 Å². The van der Waals surface area contributed by atoms with Crippen molar-refractivity contribution in [3.63, 3.8) is 0 Å².